The molecule has 15 rings (SSSR count). The monoisotopic (exact) mass is 2000 g/mol. The molecule has 0 aliphatic heterocycles. The molecule has 4 aliphatic carbocycles. The van der Waals surface area contributed by atoms with Gasteiger partial charge in [-0.25, -0.2) is 0 Å². The van der Waals surface area contributed by atoms with Gasteiger partial charge in [-0.2, -0.15) is 0 Å². The van der Waals surface area contributed by atoms with Crippen molar-refractivity contribution in [3.8, 4) is 95.9 Å². The van der Waals surface area contributed by atoms with E-state index in [2.05, 4.69) is 384 Å². The van der Waals surface area contributed by atoms with Gasteiger partial charge in [-0.15, -0.1) is 22.2 Å². The van der Waals surface area contributed by atoms with Crippen molar-refractivity contribution in [1.82, 2.24) is 0 Å². The summed E-state index contributed by atoms with van der Waals surface area (Å²) in [5.74, 6) is 15.0. The van der Waals surface area contributed by atoms with Crippen LogP contribution in [0.1, 0.15) is 274 Å². The topological polar surface area (TPSA) is 74.6 Å². The second-order valence-electron chi connectivity index (χ2n) is 44.1. The average molecular weight is 2000 g/mol. The van der Waals surface area contributed by atoms with Gasteiger partial charge in [-0.05, 0) is 261 Å². The summed E-state index contributed by atoms with van der Waals surface area (Å²) in [5.41, 5.74) is 48.6. The molecule has 0 amide bonds. The van der Waals surface area contributed by atoms with Gasteiger partial charge in [0.15, 0.2) is 22.1 Å². The van der Waals surface area contributed by atoms with E-state index in [4.69, 9.17) is 24.3 Å². The Morgan fingerprint density at radius 1 is 0.269 bits per heavy atom. The molecule has 0 heterocycles. The Morgan fingerprint density at radius 3 is 0.761 bits per heavy atom. The molecule has 2 N–H and O–H groups in total. The van der Waals surface area contributed by atoms with Gasteiger partial charge in [0.05, 0.1) is 8.07 Å². The van der Waals surface area contributed by atoms with Crippen LogP contribution in [0.2, 0.25) is 83.1 Å². The van der Waals surface area contributed by atoms with E-state index in [1.165, 1.54) is 66.1 Å². The van der Waals surface area contributed by atoms with E-state index in [1.54, 1.807) is 0 Å². The van der Waals surface area contributed by atoms with Gasteiger partial charge in [0.2, 0.25) is 0 Å². The molecule has 134 heavy (non-hydrogen) atoms. The maximum atomic E-state index is 12.9. The van der Waals surface area contributed by atoms with Gasteiger partial charge in [-0.3, -0.25) is 9.59 Å². The molecule has 2 radical (unpaired) electrons. The Hall–Kier alpha value is -7.16. The predicted molar refractivity (Wildman–Crippen MR) is 596 cm³/mol. The smallest absolute Gasteiger partial charge is 1.00 e. The molecule has 11 aromatic carbocycles. The van der Waals surface area contributed by atoms with Crippen LogP contribution in [0.15, 0.2) is 155 Å². The van der Waals surface area contributed by atoms with Crippen LogP contribution in [0, 0.1) is 99.4 Å². The molecule has 696 valence electrons. The van der Waals surface area contributed by atoms with Crippen LogP contribution >= 0.6 is 17.8 Å². The first-order chi connectivity index (χ1) is 62.2. The number of rotatable bonds is 15. The summed E-state index contributed by atoms with van der Waals surface area (Å²) in [6.07, 6.45) is 7.51. The van der Waals surface area contributed by atoms with E-state index in [-0.39, 0.29) is 29.7 Å². The summed E-state index contributed by atoms with van der Waals surface area (Å²) >= 11 is -0.826. The molecular formula is C121H149Cl2LiO4Si5Sn. The number of hydrogen-bond acceptors (Lipinski definition) is 4. The molecule has 0 bridgehead atoms. The SMILES string of the molecule is Cc1ccc2c(c1)C(C#C[Si](C(C)C)(C(C)C)C(C)C)=c1cc3c(cc1-2)=C(C#C[Si](C(C)C)(C(C)C)C(C)C)c1cc(C)ccc1-3.Cc1ccc2c(c1)C(O)(C#C[Si](C(C)C)(C(C)C)C(C)C)c1cc3c(cc1-2)C(O)(C#C[Si](C(C)C)(C(C)C)C(C)C)c1cc(C)ccc1-3.Cc1ccc2c(c1)c(=O)c1cc3c(cc12)c(=O)c1cc(C)ccc13.[C-]#C[Si](C(C)C)(C(C)C)C(C)C.[Cl][Sn][Cl].[Li+]. The Balaban J connectivity index is 0.000000199. The minimum absolute atomic E-state index is 0. The molecule has 0 saturated carbocycles. The Kier molecular flexibility index (Phi) is 34.2. The fourth-order valence-electron chi connectivity index (χ4n) is 25.6. The van der Waals surface area contributed by atoms with Crippen LogP contribution in [0.4, 0.5) is 0 Å². The Labute approximate surface area is 841 Å². The number of fused-ring (bicyclic) bond motifs is 18. The summed E-state index contributed by atoms with van der Waals surface area (Å²) in [5, 5.41) is 35.0. The first-order valence-corrected chi connectivity index (χ1v) is 67.7. The number of hydrogen-bond donors (Lipinski definition) is 2. The molecular weight excluding hydrogens is 1850 g/mol. The molecule has 4 nitrogen and oxygen atoms in total. The van der Waals surface area contributed by atoms with E-state index in [0.717, 1.165) is 99.1 Å². The molecule has 0 saturated heterocycles. The third-order valence-electron chi connectivity index (χ3n) is 32.2. The average Bonchev–Trinajstić information content (AvgIpc) is 1.53. The zero-order valence-electron chi connectivity index (χ0n) is 88.0. The van der Waals surface area contributed by atoms with Crippen molar-refractivity contribution in [1.29, 1.82) is 0 Å². The molecule has 0 spiro atoms. The van der Waals surface area contributed by atoms with Crippen molar-refractivity contribution >= 4 is 131 Å². The minimum Gasteiger partial charge on any atom is 1.00 e. The van der Waals surface area contributed by atoms with Crippen LogP contribution < -0.4 is 40.2 Å². The number of halogens is 2. The first kappa shape index (κ1) is 109. The quantitative estimate of drug-likeness (QED) is 0.0609. The van der Waals surface area contributed by atoms with Gasteiger partial charge in [0.1, 0.15) is 32.3 Å². The second kappa shape index (κ2) is 42.1. The van der Waals surface area contributed by atoms with E-state index < -0.39 is 70.5 Å². The maximum Gasteiger partial charge on any atom is 1.00 e. The Morgan fingerprint density at radius 2 is 0.500 bits per heavy atom. The first-order valence-electron chi connectivity index (χ1n) is 49.3. The summed E-state index contributed by atoms with van der Waals surface area (Å²) in [4.78, 5) is 25.6. The molecule has 0 aromatic heterocycles. The van der Waals surface area contributed by atoms with Crippen molar-refractivity contribution in [3.63, 3.8) is 0 Å². The van der Waals surface area contributed by atoms with Gasteiger partial charge in [0, 0.05) is 54.9 Å². The molecule has 11 aromatic rings. The molecule has 4 aliphatic rings. The molecule has 2 unspecified atom stereocenters. The summed E-state index contributed by atoms with van der Waals surface area (Å²) in [6.45, 7) is 82.7. The van der Waals surface area contributed by atoms with Gasteiger partial charge < -0.3 is 22.2 Å². The summed E-state index contributed by atoms with van der Waals surface area (Å²) in [7, 11) is 0.199. The minimum atomic E-state index is -2.14. The molecule has 2 atom stereocenters. The summed E-state index contributed by atoms with van der Waals surface area (Å²) < 4.78 is 0. The second-order valence-corrected chi connectivity index (χ2v) is 76.3. The van der Waals surface area contributed by atoms with E-state index >= 15 is 0 Å². The van der Waals surface area contributed by atoms with Crippen LogP contribution in [0.3, 0.4) is 0 Å². The number of aryl methyl sites for hydroxylation is 6. The zero-order valence-corrected chi connectivity index (χ0v) is 97.3. The van der Waals surface area contributed by atoms with Crippen LogP contribution in [-0.2, 0) is 11.2 Å². The van der Waals surface area contributed by atoms with E-state index in [1.807, 2.05) is 62.4 Å². The maximum absolute atomic E-state index is 12.9. The van der Waals surface area contributed by atoms with Crippen molar-refractivity contribution in [3.05, 3.63) is 250 Å². The normalized spacial score (nSPS) is 15.2. The number of aliphatic hydroxyl groups is 2. The number of benzene rings is 9. The van der Waals surface area contributed by atoms with E-state index in [9.17, 15) is 19.8 Å². The zero-order chi connectivity index (χ0) is 98.8. The molecule has 13 heteroatoms. The van der Waals surface area contributed by atoms with Crippen molar-refractivity contribution in [2.75, 3.05) is 0 Å². The molecule has 0 fully saturated rings. The predicted octanol–water partition coefficient (Wildman–Crippen LogP) is 28.6. The van der Waals surface area contributed by atoms with Crippen LogP contribution in [-0.4, -0.2) is 69.5 Å². The Bertz CT molecular complexity index is 6410. The van der Waals surface area contributed by atoms with Gasteiger partial charge in [0.25, 0.3) is 0 Å². The largest absolute Gasteiger partial charge is 1.00 e. The van der Waals surface area contributed by atoms with E-state index in [0.29, 0.717) is 93.9 Å². The fourth-order valence-corrected chi connectivity index (χ4v) is 51.4. The van der Waals surface area contributed by atoms with Crippen molar-refractivity contribution < 1.29 is 29.1 Å². The van der Waals surface area contributed by atoms with Crippen molar-refractivity contribution in [2.24, 2.45) is 0 Å². The van der Waals surface area contributed by atoms with Gasteiger partial charge >= 0.3 is 55.6 Å². The van der Waals surface area contributed by atoms with Crippen LogP contribution in [0.5, 0.6) is 0 Å². The van der Waals surface area contributed by atoms with Crippen LogP contribution in [0.25, 0.3) is 98.7 Å². The van der Waals surface area contributed by atoms with Gasteiger partial charge in [-0.1, -0.05) is 362 Å². The third-order valence-corrected chi connectivity index (χ3v) is 63.5. The van der Waals surface area contributed by atoms with Crippen molar-refractivity contribution in [2.45, 2.75) is 344 Å². The fraction of sp³-hybridized carbons (Fsp3) is 0.438. The third kappa shape index (κ3) is 19.0. The summed E-state index contributed by atoms with van der Waals surface area (Å²) in [6, 6.07) is 51.4. The standard InChI is InChI=1S/C44H58O2Si2.C44H56Si2.C22H14O2.C11H21Si.2ClH.Li.Sn/c1-27(2)47(28(3)4,29(5)6)21-19-43(45)39-23-33(13)15-17-35(39)37-26-42-38(25-41(37)43)36-18-16-34(14)24-40(36)44(42,46)20-22-48(30(7)8,31(9)10)32(11)12;1-27(2)45(28(3)4,29(5)6)21-19-37-39-23-33(13)15-17-35(39)41-26-44-38(20-22-46(30(7)8,31(9)10)32(11)12)40-24-34(14)16-18-36(40)42(44)25-43(37)41;1-11-3-5-13-15-9-20-16(10-19(15)21(23)17(13)7-11)14-6-4-12(2)8-18(14)22(20)24;1-8-12(9(2)3,10(4)5)11(6)7;;;;/h15-18,23-32,45-46H,1-14H3;15-18,23-32H,1-14H3;3-10H,1-2H3;9-11H,2-7H3;2*1H;;/q;;;-1;;;+1;+2/p-2.